The van der Waals surface area contributed by atoms with Gasteiger partial charge >= 0.3 is 6.18 Å². The third kappa shape index (κ3) is 6.14. The van der Waals surface area contributed by atoms with Crippen LogP contribution in [0.1, 0.15) is 19.5 Å². The summed E-state index contributed by atoms with van der Waals surface area (Å²) in [7, 11) is 3.53. The zero-order chi connectivity index (χ0) is 16.8. The third-order valence-corrected chi connectivity index (χ3v) is 2.71. The van der Waals surface area contributed by atoms with Gasteiger partial charge in [0.05, 0.1) is 12.8 Å². The predicted octanol–water partition coefficient (Wildman–Crippen LogP) is 1.83. The lowest BCUT2D eigenvalue weighted by molar-refractivity contribution is -0.141. The summed E-state index contributed by atoms with van der Waals surface area (Å²) in [4.78, 5) is 10.4. The van der Waals surface area contributed by atoms with E-state index in [2.05, 4.69) is 21.1 Å². The molecule has 0 aliphatic heterocycles. The maximum atomic E-state index is 12.6. The molecule has 0 saturated carbocycles. The molecule has 1 aromatic heterocycles. The van der Waals surface area contributed by atoms with Gasteiger partial charge in [0.1, 0.15) is 12.0 Å². The van der Waals surface area contributed by atoms with Crippen LogP contribution in [0, 0.1) is 0 Å². The van der Waals surface area contributed by atoms with Crippen molar-refractivity contribution in [2.45, 2.75) is 32.4 Å². The average molecular weight is 321 g/mol. The zero-order valence-electron chi connectivity index (χ0n) is 13.0. The van der Waals surface area contributed by atoms with E-state index >= 15 is 0 Å². The molecule has 1 aromatic rings. The number of nitrogens with zero attached hydrogens (tertiary/aromatic N) is 2. The Labute approximate surface area is 128 Å². The standard InChI is InChI=1S/C13H22F3N5O/c1-9(2)22-20-12(17-3)21(4)8-19-10-5-6-18-11(7-10)13(14,15)16/h5-7,9,12,17,20H,8H2,1-4H3,(H,18,19). The van der Waals surface area contributed by atoms with Crippen LogP contribution in [0.3, 0.4) is 0 Å². The molecule has 0 radical (unpaired) electrons. The molecule has 0 amide bonds. The lowest BCUT2D eigenvalue weighted by Gasteiger charge is -2.29. The Hall–Kier alpha value is -1.42. The fourth-order valence-corrected chi connectivity index (χ4v) is 1.57. The molecule has 9 heteroatoms. The molecule has 3 N–H and O–H groups in total. The molecular weight excluding hydrogens is 299 g/mol. The number of alkyl halides is 3. The van der Waals surface area contributed by atoms with Crippen molar-refractivity contribution in [3.8, 4) is 0 Å². The summed E-state index contributed by atoms with van der Waals surface area (Å²) < 4.78 is 37.8. The van der Waals surface area contributed by atoms with E-state index in [1.54, 1.807) is 19.0 Å². The highest BCUT2D eigenvalue weighted by atomic mass is 19.4. The van der Waals surface area contributed by atoms with Crippen LogP contribution in [0.15, 0.2) is 18.3 Å². The van der Waals surface area contributed by atoms with Crippen molar-refractivity contribution < 1.29 is 18.0 Å². The van der Waals surface area contributed by atoms with Crippen LogP contribution in [-0.2, 0) is 11.0 Å². The number of hydroxylamine groups is 1. The second-order valence-electron chi connectivity index (χ2n) is 5.00. The summed E-state index contributed by atoms with van der Waals surface area (Å²) in [5, 5.41) is 5.90. The van der Waals surface area contributed by atoms with Gasteiger partial charge in [-0.25, -0.2) is 0 Å². The van der Waals surface area contributed by atoms with Crippen molar-refractivity contribution >= 4 is 5.69 Å². The molecule has 0 aromatic carbocycles. The van der Waals surface area contributed by atoms with Gasteiger partial charge in [0.25, 0.3) is 0 Å². The minimum atomic E-state index is -4.45. The number of hydrogen-bond acceptors (Lipinski definition) is 6. The number of pyridine rings is 1. The van der Waals surface area contributed by atoms with Gasteiger partial charge in [0, 0.05) is 11.9 Å². The molecule has 1 rings (SSSR count). The Bertz CT molecular complexity index is 456. The molecule has 1 atom stereocenters. The monoisotopic (exact) mass is 321 g/mol. The summed E-state index contributed by atoms with van der Waals surface area (Å²) in [6, 6.07) is 2.45. The van der Waals surface area contributed by atoms with E-state index < -0.39 is 11.9 Å². The minimum Gasteiger partial charge on any atom is -0.372 e. The smallest absolute Gasteiger partial charge is 0.372 e. The highest BCUT2D eigenvalue weighted by Crippen LogP contribution is 2.28. The van der Waals surface area contributed by atoms with Gasteiger partial charge in [0.15, 0.2) is 0 Å². The van der Waals surface area contributed by atoms with Crippen LogP contribution in [-0.4, -0.2) is 43.0 Å². The maximum Gasteiger partial charge on any atom is 0.433 e. The zero-order valence-corrected chi connectivity index (χ0v) is 13.0. The van der Waals surface area contributed by atoms with Crippen LogP contribution in [0.4, 0.5) is 18.9 Å². The van der Waals surface area contributed by atoms with E-state index in [1.807, 2.05) is 13.8 Å². The van der Waals surface area contributed by atoms with Gasteiger partial charge in [-0.2, -0.15) is 18.7 Å². The van der Waals surface area contributed by atoms with Crippen molar-refractivity contribution in [2.75, 3.05) is 26.1 Å². The quantitative estimate of drug-likeness (QED) is 0.502. The number of anilines is 1. The molecule has 0 aliphatic rings. The van der Waals surface area contributed by atoms with Crippen molar-refractivity contribution in [2.24, 2.45) is 0 Å². The lowest BCUT2D eigenvalue weighted by atomic mass is 10.3. The van der Waals surface area contributed by atoms with E-state index in [-0.39, 0.29) is 12.4 Å². The maximum absolute atomic E-state index is 12.6. The highest BCUT2D eigenvalue weighted by molar-refractivity contribution is 5.43. The molecule has 0 saturated heterocycles. The highest BCUT2D eigenvalue weighted by Gasteiger charge is 2.32. The Balaban J connectivity index is 2.57. The minimum absolute atomic E-state index is 0.00625. The number of rotatable bonds is 8. The Kier molecular flexibility index (Phi) is 7.01. The van der Waals surface area contributed by atoms with Gasteiger partial charge in [-0.1, -0.05) is 0 Å². The number of hydrogen-bond donors (Lipinski definition) is 3. The second kappa shape index (κ2) is 8.28. The van der Waals surface area contributed by atoms with Crippen LogP contribution in [0.25, 0.3) is 0 Å². The van der Waals surface area contributed by atoms with Gasteiger partial charge in [-0.3, -0.25) is 20.0 Å². The molecule has 6 nitrogen and oxygen atoms in total. The van der Waals surface area contributed by atoms with Gasteiger partial charge in [-0.15, -0.1) is 0 Å². The fourth-order valence-electron chi connectivity index (χ4n) is 1.57. The largest absolute Gasteiger partial charge is 0.433 e. The van der Waals surface area contributed by atoms with E-state index in [9.17, 15) is 13.2 Å². The number of nitrogens with one attached hydrogen (secondary N) is 3. The van der Waals surface area contributed by atoms with Crippen molar-refractivity contribution in [1.29, 1.82) is 0 Å². The van der Waals surface area contributed by atoms with E-state index in [0.29, 0.717) is 12.4 Å². The molecule has 1 heterocycles. The molecule has 0 aliphatic carbocycles. The van der Waals surface area contributed by atoms with Crippen molar-refractivity contribution in [3.63, 3.8) is 0 Å². The lowest BCUT2D eigenvalue weighted by Crippen LogP contribution is -2.53. The first kappa shape index (κ1) is 18.6. The SMILES string of the molecule is CNC(NOC(C)C)N(C)CNc1ccnc(C(F)(F)F)c1. The summed E-state index contributed by atoms with van der Waals surface area (Å²) in [6.45, 7) is 4.07. The van der Waals surface area contributed by atoms with E-state index in [0.717, 1.165) is 12.3 Å². The van der Waals surface area contributed by atoms with Crippen LogP contribution in [0.5, 0.6) is 0 Å². The summed E-state index contributed by atoms with van der Waals surface area (Å²) in [6.07, 6.45) is -3.62. The number of aromatic nitrogens is 1. The Morgan fingerprint density at radius 1 is 1.36 bits per heavy atom. The number of halogens is 3. The summed E-state index contributed by atoms with van der Waals surface area (Å²) in [5.74, 6) is 0. The Morgan fingerprint density at radius 3 is 2.59 bits per heavy atom. The first-order chi connectivity index (χ1) is 10.2. The first-order valence-electron chi connectivity index (χ1n) is 6.80. The topological polar surface area (TPSA) is 61.5 Å². The summed E-state index contributed by atoms with van der Waals surface area (Å²) in [5.41, 5.74) is 2.24. The van der Waals surface area contributed by atoms with Gasteiger partial charge < -0.3 is 5.32 Å². The fraction of sp³-hybridized carbons (Fsp3) is 0.615. The average Bonchev–Trinajstić information content (AvgIpc) is 2.45. The first-order valence-corrected chi connectivity index (χ1v) is 6.80. The molecule has 0 spiro atoms. The molecule has 1 unspecified atom stereocenters. The molecular formula is C13H22F3N5O. The van der Waals surface area contributed by atoms with Crippen LogP contribution in [0.2, 0.25) is 0 Å². The Morgan fingerprint density at radius 2 is 2.05 bits per heavy atom. The molecule has 0 bridgehead atoms. The second-order valence-corrected chi connectivity index (χ2v) is 5.00. The predicted molar refractivity (Wildman–Crippen MR) is 77.7 cm³/mol. The van der Waals surface area contributed by atoms with E-state index in [1.165, 1.54) is 6.07 Å². The van der Waals surface area contributed by atoms with Crippen molar-refractivity contribution in [1.82, 2.24) is 20.7 Å². The molecule has 22 heavy (non-hydrogen) atoms. The summed E-state index contributed by atoms with van der Waals surface area (Å²) >= 11 is 0. The molecule has 0 fully saturated rings. The van der Waals surface area contributed by atoms with Crippen LogP contribution >= 0.6 is 0 Å². The van der Waals surface area contributed by atoms with Crippen molar-refractivity contribution in [3.05, 3.63) is 24.0 Å². The third-order valence-electron chi connectivity index (χ3n) is 2.71. The van der Waals surface area contributed by atoms with Gasteiger partial charge in [0.2, 0.25) is 0 Å². The molecule has 126 valence electrons. The van der Waals surface area contributed by atoms with Gasteiger partial charge in [-0.05, 0) is 40.1 Å². The van der Waals surface area contributed by atoms with Crippen LogP contribution < -0.4 is 16.1 Å². The van der Waals surface area contributed by atoms with E-state index in [4.69, 9.17) is 4.84 Å². The normalized spacial score (nSPS) is 13.7.